The molecule has 3 aromatic carbocycles. The van der Waals surface area contributed by atoms with Crippen LogP contribution in [-0.4, -0.2) is 92.3 Å². The summed E-state index contributed by atoms with van der Waals surface area (Å²) in [5, 5.41) is 6.40. The van der Waals surface area contributed by atoms with Crippen molar-refractivity contribution in [3.63, 3.8) is 0 Å². The molecule has 2 aromatic heterocycles. The highest BCUT2D eigenvalue weighted by atomic mass is 19.2. The number of hydrogen-bond donors (Lipinski definition) is 1. The van der Waals surface area contributed by atoms with Crippen molar-refractivity contribution in [1.82, 2.24) is 29.8 Å². The summed E-state index contributed by atoms with van der Waals surface area (Å²) in [7, 11) is 0. The van der Waals surface area contributed by atoms with E-state index in [0.717, 1.165) is 70.8 Å². The molecule has 14 nitrogen and oxygen atoms in total. The molecular weight excluding hydrogens is 775 g/mol. The number of halogens is 2. The second-order valence-corrected chi connectivity index (χ2v) is 16.5. The maximum absolute atomic E-state index is 14.6. The van der Waals surface area contributed by atoms with Crippen molar-refractivity contribution in [1.29, 1.82) is 0 Å². The Bertz CT molecular complexity index is 2620. The summed E-state index contributed by atoms with van der Waals surface area (Å²) in [6.07, 6.45) is 3.30. The minimum Gasteiger partial charge on any atom is -0.371 e. The molecule has 0 saturated carbocycles. The number of piperidine rings is 3. The van der Waals surface area contributed by atoms with Crippen molar-refractivity contribution < 1.29 is 37.3 Å². The van der Waals surface area contributed by atoms with Gasteiger partial charge >= 0.3 is 0 Å². The monoisotopic (exact) mass is 816 g/mol. The first-order chi connectivity index (χ1) is 29.0. The van der Waals surface area contributed by atoms with Crippen LogP contribution in [0.5, 0.6) is 0 Å². The second kappa shape index (κ2) is 14.5. The van der Waals surface area contributed by atoms with E-state index in [1.165, 1.54) is 6.07 Å². The number of aromatic nitrogens is 3. The third-order valence-corrected chi connectivity index (χ3v) is 13.0. The number of anilines is 2. The summed E-state index contributed by atoms with van der Waals surface area (Å²) in [6.45, 7) is 6.53. The van der Waals surface area contributed by atoms with E-state index in [-0.39, 0.29) is 42.8 Å². The summed E-state index contributed by atoms with van der Waals surface area (Å²) in [5.74, 6) is -2.88. The van der Waals surface area contributed by atoms with E-state index in [1.54, 1.807) is 17.0 Å². The molecule has 5 amide bonds. The Labute approximate surface area is 343 Å². The first-order valence-electron chi connectivity index (χ1n) is 20.5. The zero-order valence-corrected chi connectivity index (χ0v) is 33.1. The number of nitrogens with one attached hydrogen (secondary N) is 1. The van der Waals surface area contributed by atoms with Crippen LogP contribution in [0.15, 0.2) is 59.1 Å². The molecule has 10 rings (SSSR count). The fourth-order valence-electron chi connectivity index (χ4n) is 10.0. The third-order valence-electron chi connectivity index (χ3n) is 13.0. The number of aryl methyl sites for hydroxylation is 2. The number of carbonyl (C=O) groups excluding carboxylic acids is 5. The lowest BCUT2D eigenvalue weighted by Crippen LogP contribution is -2.56. The van der Waals surface area contributed by atoms with E-state index < -0.39 is 47.3 Å². The summed E-state index contributed by atoms with van der Waals surface area (Å²) < 4.78 is 36.4. The molecule has 308 valence electrons. The van der Waals surface area contributed by atoms with Crippen molar-refractivity contribution in [2.45, 2.75) is 83.0 Å². The molecule has 5 aromatic rings. The van der Waals surface area contributed by atoms with Crippen molar-refractivity contribution in [3.8, 4) is 11.1 Å². The third kappa shape index (κ3) is 6.09. The molecule has 1 N–H and O–H groups in total. The molecule has 0 bridgehead atoms. The number of benzene rings is 3. The van der Waals surface area contributed by atoms with Gasteiger partial charge in [0.05, 0.1) is 45.6 Å². The molecule has 60 heavy (non-hydrogen) atoms. The number of hydrogen-bond acceptors (Lipinski definition) is 10. The van der Waals surface area contributed by atoms with Gasteiger partial charge in [-0.2, -0.15) is 0 Å². The topological polar surface area (TPSA) is 154 Å². The van der Waals surface area contributed by atoms with Crippen LogP contribution in [0.4, 0.5) is 20.2 Å². The first-order valence-corrected chi connectivity index (χ1v) is 20.5. The quantitative estimate of drug-likeness (QED) is 0.200. The number of likely N-dealkylation sites (tertiary alicyclic amines) is 1. The highest BCUT2D eigenvalue weighted by Gasteiger charge is 2.47. The van der Waals surface area contributed by atoms with E-state index in [9.17, 15) is 32.8 Å². The van der Waals surface area contributed by atoms with Crippen molar-refractivity contribution in [3.05, 3.63) is 94.6 Å². The molecule has 1 unspecified atom stereocenters. The summed E-state index contributed by atoms with van der Waals surface area (Å²) in [5.41, 5.74) is 5.74. The molecule has 16 heteroatoms. The van der Waals surface area contributed by atoms with E-state index in [4.69, 9.17) is 9.51 Å². The molecule has 0 spiro atoms. The Kier molecular flexibility index (Phi) is 9.15. The minimum atomic E-state index is -1.03. The van der Waals surface area contributed by atoms with Crippen LogP contribution in [0.25, 0.3) is 22.2 Å². The Hall–Kier alpha value is -6.29. The van der Waals surface area contributed by atoms with Gasteiger partial charge in [0.25, 0.3) is 11.8 Å². The lowest BCUT2D eigenvalue weighted by atomic mass is 9.95. The van der Waals surface area contributed by atoms with Crippen LogP contribution >= 0.6 is 0 Å². The van der Waals surface area contributed by atoms with Crippen LogP contribution in [-0.2, 0) is 14.4 Å². The van der Waals surface area contributed by atoms with Gasteiger partial charge < -0.3 is 18.9 Å². The molecule has 7 heterocycles. The lowest BCUT2D eigenvalue weighted by Gasteiger charge is -2.49. The van der Waals surface area contributed by atoms with E-state index in [0.29, 0.717) is 54.5 Å². The SMILES string of the molecule is Cc1noc(C)c1-c1ccc2c(c1)nc([C@@H]1CCCC(=O)N1c1ccc(F)c(F)c1)n2C1CN(C2CCN(c3cccc4c3C(=O)N(C3CCC(=O)NC3=O)C4=O)CC2)C1. The smallest absolute Gasteiger partial charge is 0.264 e. The van der Waals surface area contributed by atoms with Crippen molar-refractivity contribution in [2.24, 2.45) is 0 Å². The molecule has 4 fully saturated rings. The molecule has 5 aliphatic rings. The molecule has 5 aliphatic heterocycles. The second-order valence-electron chi connectivity index (χ2n) is 16.5. The van der Waals surface area contributed by atoms with Gasteiger partial charge in [-0.25, -0.2) is 13.8 Å². The van der Waals surface area contributed by atoms with Gasteiger partial charge in [-0.3, -0.25) is 39.1 Å². The fourth-order valence-corrected chi connectivity index (χ4v) is 10.0. The van der Waals surface area contributed by atoms with Crippen LogP contribution in [0.1, 0.15) is 95.0 Å². The lowest BCUT2D eigenvalue weighted by molar-refractivity contribution is -0.136. The highest BCUT2D eigenvalue weighted by molar-refractivity contribution is 6.25. The maximum atomic E-state index is 14.6. The molecule has 0 radical (unpaired) electrons. The standard InChI is InChI=1S/C44H42F2N8O6/c1-23-39(24(2)60-49-23)25-9-12-33-32(19-25)47-41(35-7-4-8-38(56)52(35)27-10-11-30(45)31(46)20-27)53(33)28-21-51(22-28)26-15-17-50(18-16-26)34-6-3-5-29-40(34)44(59)54(43(29)58)36-13-14-37(55)48-42(36)57/h3,5-6,9-12,19-20,26,28,35-36H,4,7-8,13-18,21-22H2,1-2H3,(H,48,55,57)/t35-,36?/m0/s1. The van der Waals surface area contributed by atoms with Crippen LogP contribution in [0.3, 0.4) is 0 Å². The number of imidazole rings is 1. The molecule has 4 saturated heterocycles. The Balaban J connectivity index is 0.903. The van der Waals surface area contributed by atoms with E-state index in [2.05, 4.69) is 24.8 Å². The molecule has 0 aliphatic carbocycles. The number of fused-ring (bicyclic) bond motifs is 2. The summed E-state index contributed by atoms with van der Waals surface area (Å²) in [4.78, 5) is 77.7. The van der Waals surface area contributed by atoms with Gasteiger partial charge in [0.2, 0.25) is 17.7 Å². The Morgan fingerprint density at radius 3 is 2.32 bits per heavy atom. The Morgan fingerprint density at radius 1 is 0.783 bits per heavy atom. The summed E-state index contributed by atoms with van der Waals surface area (Å²) >= 11 is 0. The van der Waals surface area contributed by atoms with E-state index in [1.807, 2.05) is 38.1 Å². The number of carbonyl (C=O) groups is 5. The molecule has 2 atom stereocenters. The first kappa shape index (κ1) is 37.9. The van der Waals surface area contributed by atoms with Crippen molar-refractivity contribution in [2.75, 3.05) is 36.0 Å². The predicted octanol–water partition coefficient (Wildman–Crippen LogP) is 5.77. The van der Waals surface area contributed by atoms with Crippen LogP contribution in [0, 0.1) is 25.5 Å². The van der Waals surface area contributed by atoms with Crippen molar-refractivity contribution >= 4 is 51.9 Å². The maximum Gasteiger partial charge on any atom is 0.264 e. The van der Waals surface area contributed by atoms with Gasteiger partial charge in [-0.1, -0.05) is 17.3 Å². The highest BCUT2D eigenvalue weighted by Crippen LogP contribution is 2.42. The average Bonchev–Trinajstić information content (AvgIpc) is 3.84. The van der Waals surface area contributed by atoms with Gasteiger partial charge in [0.1, 0.15) is 17.6 Å². The van der Waals surface area contributed by atoms with Crippen LogP contribution in [0.2, 0.25) is 0 Å². The van der Waals surface area contributed by atoms with Gasteiger partial charge in [-0.15, -0.1) is 0 Å². The largest absolute Gasteiger partial charge is 0.371 e. The Morgan fingerprint density at radius 2 is 1.58 bits per heavy atom. The van der Waals surface area contributed by atoms with E-state index >= 15 is 0 Å². The summed E-state index contributed by atoms with van der Waals surface area (Å²) in [6, 6.07) is 13.6. The number of rotatable bonds is 7. The average molecular weight is 817 g/mol. The zero-order chi connectivity index (χ0) is 41.6. The fraction of sp³-hybridized carbons (Fsp3) is 0.386. The number of nitrogens with zero attached hydrogens (tertiary/aromatic N) is 7. The van der Waals surface area contributed by atoms with Gasteiger partial charge in [0, 0.05) is 62.4 Å². The number of imide groups is 2. The molecular formula is C44H42F2N8O6. The zero-order valence-electron chi connectivity index (χ0n) is 33.1. The minimum absolute atomic E-state index is 0.0241. The van der Waals surface area contributed by atoms with Gasteiger partial charge in [-0.05, 0) is 87.9 Å². The number of amides is 5. The predicted molar refractivity (Wildman–Crippen MR) is 214 cm³/mol. The van der Waals surface area contributed by atoms with Crippen LogP contribution < -0.4 is 15.1 Å². The van der Waals surface area contributed by atoms with Gasteiger partial charge in [0.15, 0.2) is 11.6 Å². The normalized spacial score (nSPS) is 21.9.